The highest BCUT2D eigenvalue weighted by molar-refractivity contribution is 7.92. The Bertz CT molecular complexity index is 813. The van der Waals surface area contributed by atoms with Gasteiger partial charge in [-0.15, -0.1) is 0 Å². The first-order valence-electron chi connectivity index (χ1n) is 5.34. The van der Waals surface area contributed by atoms with E-state index < -0.39 is 26.7 Å². The quantitative estimate of drug-likeness (QED) is 0.826. The lowest BCUT2D eigenvalue weighted by atomic mass is 10.2. The molecule has 21 heavy (non-hydrogen) atoms. The maximum atomic E-state index is 13.7. The number of aromatic carboxylic acids is 1. The molecule has 110 valence electrons. The minimum absolute atomic E-state index is 0.00407. The maximum absolute atomic E-state index is 13.7. The highest BCUT2D eigenvalue weighted by Gasteiger charge is 2.21. The number of nitrogens with zero attached hydrogens (tertiary/aromatic N) is 2. The van der Waals surface area contributed by atoms with Crippen LogP contribution in [0.3, 0.4) is 0 Å². The molecule has 1 aromatic carbocycles. The molecule has 0 saturated heterocycles. The molecule has 0 fully saturated rings. The average Bonchev–Trinajstić information content (AvgIpc) is 2.37. The van der Waals surface area contributed by atoms with Gasteiger partial charge in [0, 0.05) is 6.20 Å². The smallest absolute Gasteiger partial charge is 0.335 e. The van der Waals surface area contributed by atoms with Crippen molar-refractivity contribution < 1.29 is 22.7 Å². The molecule has 2 aromatic rings. The Labute approximate surface area is 123 Å². The molecule has 0 unspecified atom stereocenters. The Balaban J connectivity index is 2.38. The van der Waals surface area contributed by atoms with E-state index in [1.165, 1.54) is 12.3 Å². The third kappa shape index (κ3) is 3.44. The molecule has 0 amide bonds. The number of carbonyl (C=O) groups is 1. The minimum Gasteiger partial charge on any atom is -0.478 e. The highest BCUT2D eigenvalue weighted by Crippen LogP contribution is 2.19. The number of rotatable bonds is 4. The lowest BCUT2D eigenvalue weighted by Crippen LogP contribution is -2.17. The average molecular weight is 332 g/mol. The molecule has 1 heterocycles. The fraction of sp³-hybridized carbons (Fsp3) is 0. The second-order valence-corrected chi connectivity index (χ2v) is 5.80. The normalized spacial score (nSPS) is 11.1. The first-order valence-corrected chi connectivity index (χ1v) is 7.20. The predicted octanol–water partition coefficient (Wildman–Crippen LogP) is 1.77. The summed E-state index contributed by atoms with van der Waals surface area (Å²) in [5.41, 5.74) is -0.370. The van der Waals surface area contributed by atoms with Crippen molar-refractivity contribution in [1.82, 2.24) is 9.97 Å². The van der Waals surface area contributed by atoms with Crippen molar-refractivity contribution >= 4 is 33.5 Å². The summed E-state index contributed by atoms with van der Waals surface area (Å²) < 4.78 is 39.7. The van der Waals surface area contributed by atoms with Gasteiger partial charge in [-0.05, 0) is 24.3 Å². The van der Waals surface area contributed by atoms with Gasteiger partial charge >= 0.3 is 5.97 Å². The van der Waals surface area contributed by atoms with Gasteiger partial charge < -0.3 is 5.11 Å². The van der Waals surface area contributed by atoms with E-state index in [4.69, 9.17) is 16.7 Å². The molecule has 2 rings (SSSR count). The van der Waals surface area contributed by atoms with Crippen LogP contribution in [0.4, 0.5) is 10.3 Å². The number of carboxylic acid groups (broad SMARTS) is 1. The molecule has 0 aliphatic heterocycles. The zero-order valence-electron chi connectivity index (χ0n) is 10.1. The first-order chi connectivity index (χ1) is 9.79. The third-order valence-electron chi connectivity index (χ3n) is 2.32. The van der Waals surface area contributed by atoms with Crippen LogP contribution in [-0.4, -0.2) is 29.5 Å². The summed E-state index contributed by atoms with van der Waals surface area (Å²) in [5.74, 6) is -2.90. The van der Waals surface area contributed by atoms with Crippen LogP contribution in [0.15, 0.2) is 35.4 Å². The van der Waals surface area contributed by atoms with Crippen molar-refractivity contribution in [1.29, 1.82) is 0 Å². The SMILES string of the molecule is O=C(O)c1ccc(S(=O)(=O)Nc2nccc(Cl)n2)c(F)c1. The Kier molecular flexibility index (Phi) is 4.05. The number of carboxylic acids is 1. The number of nitrogens with one attached hydrogen (secondary N) is 1. The molecule has 2 N–H and O–H groups in total. The van der Waals surface area contributed by atoms with E-state index in [9.17, 15) is 17.6 Å². The van der Waals surface area contributed by atoms with E-state index in [0.717, 1.165) is 12.1 Å². The number of hydrogen-bond donors (Lipinski definition) is 2. The van der Waals surface area contributed by atoms with Gasteiger partial charge in [0.15, 0.2) is 0 Å². The van der Waals surface area contributed by atoms with Gasteiger partial charge in [-0.3, -0.25) is 0 Å². The first kappa shape index (κ1) is 15.1. The molecule has 0 bridgehead atoms. The second kappa shape index (κ2) is 5.62. The highest BCUT2D eigenvalue weighted by atomic mass is 35.5. The summed E-state index contributed by atoms with van der Waals surface area (Å²) in [4.78, 5) is 17.2. The second-order valence-electron chi connectivity index (χ2n) is 3.76. The summed E-state index contributed by atoms with van der Waals surface area (Å²) in [6.07, 6.45) is 1.22. The van der Waals surface area contributed by atoms with E-state index in [1.807, 2.05) is 4.72 Å². The number of anilines is 1. The van der Waals surface area contributed by atoms with Crippen LogP contribution in [0, 0.1) is 5.82 Å². The van der Waals surface area contributed by atoms with E-state index in [-0.39, 0.29) is 16.7 Å². The van der Waals surface area contributed by atoms with Crippen molar-refractivity contribution in [3.63, 3.8) is 0 Å². The number of sulfonamides is 1. The van der Waals surface area contributed by atoms with Crippen LogP contribution in [0.5, 0.6) is 0 Å². The Morgan fingerprint density at radius 2 is 2.05 bits per heavy atom. The van der Waals surface area contributed by atoms with Crippen molar-refractivity contribution in [2.75, 3.05) is 4.72 Å². The zero-order valence-corrected chi connectivity index (χ0v) is 11.7. The van der Waals surface area contributed by atoms with Crippen LogP contribution >= 0.6 is 11.6 Å². The van der Waals surface area contributed by atoms with Gasteiger partial charge in [0.05, 0.1) is 5.56 Å². The predicted molar refractivity (Wildman–Crippen MR) is 71.2 cm³/mol. The fourth-order valence-electron chi connectivity index (χ4n) is 1.41. The molecular weight excluding hydrogens is 325 g/mol. The van der Waals surface area contributed by atoms with E-state index >= 15 is 0 Å². The Morgan fingerprint density at radius 3 is 2.62 bits per heavy atom. The van der Waals surface area contributed by atoms with E-state index in [0.29, 0.717) is 6.07 Å². The lowest BCUT2D eigenvalue weighted by Gasteiger charge is -2.08. The van der Waals surface area contributed by atoms with Crippen LogP contribution in [0.25, 0.3) is 0 Å². The number of halogens is 2. The van der Waals surface area contributed by atoms with Crippen LogP contribution in [-0.2, 0) is 10.0 Å². The molecule has 7 nitrogen and oxygen atoms in total. The van der Waals surface area contributed by atoms with Crippen LogP contribution < -0.4 is 4.72 Å². The molecule has 10 heteroatoms. The number of hydrogen-bond acceptors (Lipinski definition) is 5. The van der Waals surface area contributed by atoms with E-state index in [1.54, 1.807) is 0 Å². The molecule has 0 radical (unpaired) electrons. The van der Waals surface area contributed by atoms with Gasteiger partial charge in [0.25, 0.3) is 10.0 Å². The van der Waals surface area contributed by atoms with E-state index in [2.05, 4.69) is 9.97 Å². The van der Waals surface area contributed by atoms with Crippen molar-refractivity contribution in [2.45, 2.75) is 4.90 Å². The molecule has 0 aliphatic rings. The van der Waals surface area contributed by atoms with Gasteiger partial charge in [-0.2, -0.15) is 0 Å². The van der Waals surface area contributed by atoms with Crippen molar-refractivity contribution in [3.05, 3.63) is 47.0 Å². The minimum atomic E-state index is -4.30. The molecule has 1 aromatic heterocycles. The molecule has 0 aliphatic carbocycles. The van der Waals surface area contributed by atoms with Crippen molar-refractivity contribution in [3.8, 4) is 0 Å². The number of aromatic nitrogens is 2. The van der Waals surface area contributed by atoms with Crippen LogP contribution in [0.1, 0.15) is 10.4 Å². The molecule has 0 saturated carbocycles. The zero-order chi connectivity index (χ0) is 15.6. The summed E-state index contributed by atoms with van der Waals surface area (Å²) >= 11 is 5.58. The fourth-order valence-corrected chi connectivity index (χ4v) is 2.56. The van der Waals surface area contributed by atoms with Crippen molar-refractivity contribution in [2.24, 2.45) is 0 Å². The summed E-state index contributed by atoms with van der Waals surface area (Å²) in [6, 6.07) is 3.75. The topological polar surface area (TPSA) is 109 Å². The lowest BCUT2D eigenvalue weighted by molar-refractivity contribution is 0.0696. The summed E-state index contributed by atoms with van der Waals surface area (Å²) in [7, 11) is -4.30. The molecule has 0 spiro atoms. The number of benzene rings is 1. The van der Waals surface area contributed by atoms with Gasteiger partial charge in [0.2, 0.25) is 5.95 Å². The summed E-state index contributed by atoms with van der Waals surface area (Å²) in [6.45, 7) is 0. The van der Waals surface area contributed by atoms with Gasteiger partial charge in [0.1, 0.15) is 15.9 Å². The largest absolute Gasteiger partial charge is 0.478 e. The Hall–Kier alpha value is -2.26. The van der Waals surface area contributed by atoms with Crippen LogP contribution in [0.2, 0.25) is 5.15 Å². The van der Waals surface area contributed by atoms with Gasteiger partial charge in [-0.25, -0.2) is 32.3 Å². The maximum Gasteiger partial charge on any atom is 0.335 e. The third-order valence-corrected chi connectivity index (χ3v) is 3.89. The van der Waals surface area contributed by atoms with Gasteiger partial charge in [-0.1, -0.05) is 11.6 Å². The monoisotopic (exact) mass is 331 g/mol. The molecule has 0 atom stereocenters. The summed E-state index contributed by atoms with van der Waals surface area (Å²) in [5, 5.41) is 8.71. The molecular formula is C11H7ClFN3O4S. The Morgan fingerprint density at radius 1 is 1.33 bits per heavy atom. The standard InChI is InChI=1S/C11H7ClFN3O4S/c12-9-3-4-14-11(15-9)16-21(19,20)8-2-1-6(10(17)18)5-7(8)13/h1-5H,(H,17,18)(H,14,15,16).